The van der Waals surface area contributed by atoms with Crippen LogP contribution in [0.3, 0.4) is 0 Å². The molecule has 0 spiro atoms. The van der Waals surface area contributed by atoms with Crippen LogP contribution < -0.4 is 5.73 Å². The van der Waals surface area contributed by atoms with Crippen LogP contribution in [0.1, 0.15) is 31.2 Å². The van der Waals surface area contributed by atoms with Gasteiger partial charge in [-0.2, -0.15) is 0 Å². The van der Waals surface area contributed by atoms with Gasteiger partial charge in [-0.25, -0.2) is 0 Å². The number of anilines is 1. The minimum atomic E-state index is 0.729. The van der Waals surface area contributed by atoms with Crippen molar-refractivity contribution in [2.24, 2.45) is 11.8 Å². The van der Waals surface area contributed by atoms with E-state index in [4.69, 9.17) is 17.3 Å². The minimum absolute atomic E-state index is 0.729. The van der Waals surface area contributed by atoms with Crippen molar-refractivity contribution in [2.45, 2.75) is 32.2 Å². The molecule has 1 aromatic rings. The monoisotopic (exact) mass is 264 g/mol. The Morgan fingerprint density at radius 2 is 1.72 bits per heavy atom. The maximum absolute atomic E-state index is 6.05. The standard InChI is InChI=1S/C15H21ClN2/c16-14-6-5-13(15(17)7-14)10-18(8-11-1-2-11)9-12-3-4-12/h5-7,11-12H,1-4,8-10,17H2. The molecule has 98 valence electrons. The second-order valence-electron chi connectivity index (χ2n) is 5.92. The molecule has 2 fully saturated rings. The zero-order valence-corrected chi connectivity index (χ0v) is 11.5. The summed E-state index contributed by atoms with van der Waals surface area (Å²) in [5.74, 6) is 1.88. The van der Waals surface area contributed by atoms with Gasteiger partial charge in [0.05, 0.1) is 0 Å². The Kier molecular flexibility index (Phi) is 3.49. The SMILES string of the molecule is Nc1cc(Cl)ccc1CN(CC1CC1)CC1CC1. The highest BCUT2D eigenvalue weighted by molar-refractivity contribution is 6.30. The molecule has 0 bridgehead atoms. The van der Waals surface area contributed by atoms with Crippen LogP contribution in [0.4, 0.5) is 5.69 Å². The highest BCUT2D eigenvalue weighted by Crippen LogP contribution is 2.34. The quantitative estimate of drug-likeness (QED) is 0.797. The number of rotatable bonds is 6. The number of nitrogens with zero attached hydrogens (tertiary/aromatic N) is 1. The fourth-order valence-electron chi connectivity index (χ4n) is 2.49. The van der Waals surface area contributed by atoms with E-state index in [1.54, 1.807) is 0 Å². The van der Waals surface area contributed by atoms with Crippen molar-refractivity contribution in [3.05, 3.63) is 28.8 Å². The minimum Gasteiger partial charge on any atom is -0.398 e. The van der Waals surface area contributed by atoms with Crippen molar-refractivity contribution in [1.29, 1.82) is 0 Å². The summed E-state index contributed by atoms with van der Waals surface area (Å²) >= 11 is 5.95. The average molecular weight is 265 g/mol. The number of hydrogen-bond acceptors (Lipinski definition) is 2. The van der Waals surface area contributed by atoms with Gasteiger partial charge in [0.1, 0.15) is 0 Å². The smallest absolute Gasteiger partial charge is 0.0426 e. The number of nitrogens with two attached hydrogens (primary N) is 1. The Balaban J connectivity index is 1.65. The molecular weight excluding hydrogens is 244 g/mol. The molecule has 2 N–H and O–H groups in total. The maximum atomic E-state index is 6.05. The molecule has 0 amide bonds. The van der Waals surface area contributed by atoms with Crippen molar-refractivity contribution in [2.75, 3.05) is 18.8 Å². The van der Waals surface area contributed by atoms with Gasteiger partial charge in [0.25, 0.3) is 0 Å². The molecule has 0 saturated heterocycles. The highest BCUT2D eigenvalue weighted by atomic mass is 35.5. The van der Waals surface area contributed by atoms with Crippen LogP contribution >= 0.6 is 11.6 Å². The van der Waals surface area contributed by atoms with E-state index in [-0.39, 0.29) is 0 Å². The van der Waals surface area contributed by atoms with E-state index in [1.807, 2.05) is 12.1 Å². The number of hydrogen-bond donors (Lipinski definition) is 1. The average Bonchev–Trinajstić information content (AvgIpc) is 3.18. The van der Waals surface area contributed by atoms with E-state index in [0.29, 0.717) is 0 Å². The zero-order chi connectivity index (χ0) is 12.5. The first-order chi connectivity index (χ1) is 8.70. The Hall–Kier alpha value is -0.730. The van der Waals surface area contributed by atoms with E-state index in [2.05, 4.69) is 11.0 Å². The van der Waals surface area contributed by atoms with Crippen LogP contribution in [-0.4, -0.2) is 18.0 Å². The van der Waals surface area contributed by atoms with Crippen LogP contribution in [0.2, 0.25) is 5.02 Å². The van der Waals surface area contributed by atoms with Crippen LogP contribution in [0, 0.1) is 11.8 Å². The molecule has 2 nitrogen and oxygen atoms in total. The highest BCUT2D eigenvalue weighted by Gasteiger charge is 2.29. The molecule has 0 atom stereocenters. The number of nitrogen functional groups attached to an aromatic ring is 1. The maximum Gasteiger partial charge on any atom is 0.0426 e. The second kappa shape index (κ2) is 5.10. The molecule has 3 heteroatoms. The number of benzene rings is 1. The summed E-state index contributed by atoms with van der Waals surface area (Å²) in [4.78, 5) is 2.59. The molecule has 0 heterocycles. The van der Waals surface area contributed by atoms with Crippen molar-refractivity contribution < 1.29 is 0 Å². The van der Waals surface area contributed by atoms with Gasteiger partial charge in [-0.1, -0.05) is 17.7 Å². The van der Waals surface area contributed by atoms with Crippen molar-refractivity contribution in [3.8, 4) is 0 Å². The van der Waals surface area contributed by atoms with E-state index < -0.39 is 0 Å². The van der Waals surface area contributed by atoms with E-state index >= 15 is 0 Å². The van der Waals surface area contributed by atoms with Gasteiger partial charge in [0.2, 0.25) is 0 Å². The summed E-state index contributed by atoms with van der Waals surface area (Å²) in [6, 6.07) is 5.88. The van der Waals surface area contributed by atoms with Gasteiger partial charge in [-0.15, -0.1) is 0 Å². The number of halogens is 1. The van der Waals surface area contributed by atoms with E-state index in [1.165, 1.54) is 44.3 Å². The third kappa shape index (κ3) is 3.39. The molecule has 2 aliphatic rings. The third-order valence-corrected chi connectivity index (χ3v) is 4.16. The van der Waals surface area contributed by atoms with Crippen LogP contribution in [0.15, 0.2) is 18.2 Å². The summed E-state index contributed by atoms with van der Waals surface area (Å²) in [6.45, 7) is 3.48. The van der Waals surface area contributed by atoms with Gasteiger partial charge in [-0.05, 0) is 55.2 Å². The lowest BCUT2D eigenvalue weighted by atomic mass is 10.1. The first-order valence-electron chi connectivity index (χ1n) is 6.97. The molecule has 18 heavy (non-hydrogen) atoms. The molecule has 2 aliphatic carbocycles. The molecule has 3 rings (SSSR count). The molecule has 0 aliphatic heterocycles. The summed E-state index contributed by atoms with van der Waals surface area (Å²) in [6.07, 6.45) is 5.66. The molecule has 0 radical (unpaired) electrons. The van der Waals surface area contributed by atoms with E-state index in [0.717, 1.165) is 29.1 Å². The Morgan fingerprint density at radius 1 is 1.11 bits per heavy atom. The Morgan fingerprint density at radius 3 is 2.22 bits per heavy atom. The molecule has 2 saturated carbocycles. The fourth-order valence-corrected chi connectivity index (χ4v) is 2.67. The predicted molar refractivity (Wildman–Crippen MR) is 76.6 cm³/mol. The molecule has 1 aromatic carbocycles. The lowest BCUT2D eigenvalue weighted by Gasteiger charge is -2.23. The van der Waals surface area contributed by atoms with Gasteiger partial charge in [-0.3, -0.25) is 4.90 Å². The largest absolute Gasteiger partial charge is 0.398 e. The fraction of sp³-hybridized carbons (Fsp3) is 0.600. The van der Waals surface area contributed by atoms with Crippen LogP contribution in [-0.2, 0) is 6.54 Å². The third-order valence-electron chi connectivity index (χ3n) is 3.93. The summed E-state index contributed by atoms with van der Waals surface area (Å²) < 4.78 is 0. The Bertz CT molecular complexity index is 411. The Labute approximate surface area is 114 Å². The lowest BCUT2D eigenvalue weighted by molar-refractivity contribution is 0.244. The van der Waals surface area contributed by atoms with Gasteiger partial charge < -0.3 is 5.73 Å². The van der Waals surface area contributed by atoms with Crippen LogP contribution in [0.5, 0.6) is 0 Å². The second-order valence-corrected chi connectivity index (χ2v) is 6.36. The summed E-state index contributed by atoms with van der Waals surface area (Å²) in [7, 11) is 0. The molecular formula is C15H21ClN2. The summed E-state index contributed by atoms with van der Waals surface area (Å²) in [5.41, 5.74) is 8.11. The normalized spacial score (nSPS) is 19.4. The molecule has 0 unspecified atom stereocenters. The van der Waals surface area contributed by atoms with Crippen molar-refractivity contribution in [3.63, 3.8) is 0 Å². The molecule has 0 aromatic heterocycles. The van der Waals surface area contributed by atoms with Crippen molar-refractivity contribution in [1.82, 2.24) is 4.90 Å². The van der Waals surface area contributed by atoms with Crippen molar-refractivity contribution >= 4 is 17.3 Å². The summed E-state index contributed by atoms with van der Waals surface area (Å²) in [5, 5.41) is 0.729. The predicted octanol–water partition coefficient (Wildman–Crippen LogP) is 3.54. The topological polar surface area (TPSA) is 29.3 Å². The van der Waals surface area contributed by atoms with Crippen LogP contribution in [0.25, 0.3) is 0 Å². The first-order valence-corrected chi connectivity index (χ1v) is 7.35. The first kappa shape index (κ1) is 12.3. The van der Waals surface area contributed by atoms with E-state index in [9.17, 15) is 0 Å². The van der Waals surface area contributed by atoms with Gasteiger partial charge in [0, 0.05) is 30.3 Å². The van der Waals surface area contributed by atoms with Gasteiger partial charge in [0.15, 0.2) is 0 Å². The van der Waals surface area contributed by atoms with Gasteiger partial charge >= 0.3 is 0 Å². The lowest BCUT2D eigenvalue weighted by Crippen LogP contribution is -2.28. The zero-order valence-electron chi connectivity index (χ0n) is 10.7.